The monoisotopic (exact) mass is 762 g/mol. The van der Waals surface area contributed by atoms with Crippen LogP contribution < -0.4 is 0 Å². The molecule has 7 rings (SSSR count). The standard InChI is InChI=1S/C46H50O8S/c1-33-43(39(49-29-35-19-9-3-10-20-35)27-41(52-33)55-38-25-15-6-16-26-38)54-46-42(47)45(51-31-37-23-13-5-14-24-37)44(50-30-36-21-11-4-12-22-36)40(53-46)32-48-28-34-17-7-2-8-18-34/h2-26,33,39-47H,27-32H2,1H3/t33-,39-,40-,41-,42+,43-,44-,45-,46+/m1/s1. The van der Waals surface area contributed by atoms with Crippen LogP contribution in [0, 0.1) is 0 Å². The SMILES string of the molecule is C[C@H]1O[C@H](Sc2ccccc2)C[C@@H](OCc2ccccc2)[C@@H]1O[C@@H]1O[C@H](COCc2ccccc2)[C@@H](OCc2ccccc2)[C@H](OCc2ccccc2)[C@@H]1O. The van der Waals surface area contributed by atoms with Crippen molar-refractivity contribution >= 4 is 11.8 Å². The lowest BCUT2D eigenvalue weighted by molar-refractivity contribution is -0.343. The summed E-state index contributed by atoms with van der Waals surface area (Å²) >= 11 is 1.67. The Labute approximate surface area is 328 Å². The summed E-state index contributed by atoms with van der Waals surface area (Å²) in [5.74, 6) is 0. The van der Waals surface area contributed by atoms with Gasteiger partial charge in [-0.05, 0) is 41.3 Å². The topological polar surface area (TPSA) is 84.8 Å². The van der Waals surface area contributed by atoms with E-state index in [0.717, 1.165) is 27.1 Å². The van der Waals surface area contributed by atoms with Crippen molar-refractivity contribution in [1.29, 1.82) is 0 Å². The molecule has 0 saturated carbocycles. The maximum absolute atomic E-state index is 12.2. The summed E-state index contributed by atoms with van der Waals surface area (Å²) in [7, 11) is 0. The van der Waals surface area contributed by atoms with Crippen LogP contribution in [0.5, 0.6) is 0 Å². The number of benzene rings is 5. The lowest BCUT2D eigenvalue weighted by atomic mass is 9.97. The van der Waals surface area contributed by atoms with Crippen molar-refractivity contribution in [2.75, 3.05) is 6.61 Å². The van der Waals surface area contributed by atoms with Gasteiger partial charge in [0.2, 0.25) is 0 Å². The Morgan fingerprint density at radius 2 is 1.04 bits per heavy atom. The van der Waals surface area contributed by atoms with Gasteiger partial charge in [0.1, 0.15) is 36.0 Å². The van der Waals surface area contributed by atoms with Crippen molar-refractivity contribution in [3.05, 3.63) is 174 Å². The van der Waals surface area contributed by atoms with E-state index in [9.17, 15) is 5.11 Å². The second-order valence-electron chi connectivity index (χ2n) is 13.9. The molecular weight excluding hydrogens is 713 g/mol. The van der Waals surface area contributed by atoms with E-state index < -0.39 is 36.8 Å². The molecule has 5 aromatic carbocycles. The molecular formula is C46H50O8S. The lowest BCUT2D eigenvalue weighted by Crippen LogP contribution is -2.63. The largest absolute Gasteiger partial charge is 0.385 e. The lowest BCUT2D eigenvalue weighted by Gasteiger charge is -2.47. The van der Waals surface area contributed by atoms with Gasteiger partial charge in [-0.2, -0.15) is 0 Å². The zero-order chi connectivity index (χ0) is 37.7. The van der Waals surface area contributed by atoms with E-state index in [-0.39, 0.29) is 30.9 Å². The van der Waals surface area contributed by atoms with Gasteiger partial charge < -0.3 is 38.3 Å². The molecule has 5 aromatic rings. The predicted octanol–water partition coefficient (Wildman–Crippen LogP) is 8.36. The highest BCUT2D eigenvalue weighted by molar-refractivity contribution is 7.99. The second kappa shape index (κ2) is 20.3. The van der Waals surface area contributed by atoms with Crippen LogP contribution in [0.25, 0.3) is 0 Å². The number of thioether (sulfide) groups is 1. The van der Waals surface area contributed by atoms with Gasteiger partial charge in [0.05, 0.1) is 45.2 Å². The van der Waals surface area contributed by atoms with E-state index in [1.54, 1.807) is 11.8 Å². The molecule has 9 atom stereocenters. The van der Waals surface area contributed by atoms with Crippen molar-refractivity contribution in [3.63, 3.8) is 0 Å². The number of ether oxygens (including phenoxy) is 7. The zero-order valence-corrected chi connectivity index (χ0v) is 31.9. The van der Waals surface area contributed by atoms with Crippen LogP contribution in [0.2, 0.25) is 0 Å². The molecule has 2 fully saturated rings. The minimum Gasteiger partial charge on any atom is -0.385 e. The third-order valence-corrected chi connectivity index (χ3v) is 10.9. The third kappa shape index (κ3) is 11.4. The van der Waals surface area contributed by atoms with Crippen LogP contribution in [0.3, 0.4) is 0 Å². The molecule has 2 aliphatic rings. The van der Waals surface area contributed by atoms with Gasteiger partial charge in [-0.15, -0.1) is 0 Å². The van der Waals surface area contributed by atoms with Crippen molar-refractivity contribution in [2.45, 2.75) is 99.1 Å². The number of hydrogen-bond donors (Lipinski definition) is 1. The molecule has 0 radical (unpaired) electrons. The van der Waals surface area contributed by atoms with Gasteiger partial charge in [-0.1, -0.05) is 151 Å². The Morgan fingerprint density at radius 3 is 1.58 bits per heavy atom. The fourth-order valence-corrected chi connectivity index (χ4v) is 8.09. The molecule has 9 heteroatoms. The van der Waals surface area contributed by atoms with Crippen molar-refractivity contribution in [3.8, 4) is 0 Å². The van der Waals surface area contributed by atoms with E-state index in [2.05, 4.69) is 12.1 Å². The molecule has 8 nitrogen and oxygen atoms in total. The van der Waals surface area contributed by atoms with Crippen LogP contribution in [-0.4, -0.2) is 66.2 Å². The van der Waals surface area contributed by atoms with E-state index in [1.807, 2.05) is 146 Å². The van der Waals surface area contributed by atoms with Crippen LogP contribution in [0.1, 0.15) is 35.6 Å². The van der Waals surface area contributed by atoms with Gasteiger partial charge in [-0.3, -0.25) is 0 Å². The van der Waals surface area contributed by atoms with Crippen LogP contribution in [0.15, 0.2) is 157 Å². The quantitative estimate of drug-likeness (QED) is 0.101. The molecule has 0 aromatic heterocycles. The van der Waals surface area contributed by atoms with Crippen LogP contribution in [0.4, 0.5) is 0 Å². The maximum Gasteiger partial charge on any atom is 0.187 e. The molecule has 2 heterocycles. The van der Waals surface area contributed by atoms with Gasteiger partial charge in [-0.25, -0.2) is 0 Å². The Hall–Kier alpha value is -3.87. The molecule has 288 valence electrons. The Balaban J connectivity index is 1.13. The van der Waals surface area contributed by atoms with Crippen molar-refractivity contribution in [1.82, 2.24) is 0 Å². The molecule has 2 aliphatic heterocycles. The summed E-state index contributed by atoms with van der Waals surface area (Å²) in [5, 5.41) is 12.2. The average Bonchev–Trinajstić information content (AvgIpc) is 3.23. The first-order valence-corrected chi connectivity index (χ1v) is 19.9. The highest BCUT2D eigenvalue weighted by Crippen LogP contribution is 2.37. The summed E-state index contributed by atoms with van der Waals surface area (Å²) in [6.45, 7) is 3.54. The molecule has 55 heavy (non-hydrogen) atoms. The fraction of sp³-hybridized carbons (Fsp3) is 0.348. The minimum atomic E-state index is -1.20. The molecule has 0 unspecified atom stereocenters. The third-order valence-electron chi connectivity index (χ3n) is 9.81. The Bertz CT molecular complexity index is 1800. The van der Waals surface area contributed by atoms with Gasteiger partial charge >= 0.3 is 0 Å². The predicted molar refractivity (Wildman–Crippen MR) is 212 cm³/mol. The summed E-state index contributed by atoms with van der Waals surface area (Å²) < 4.78 is 46.2. The molecule has 1 N–H and O–H groups in total. The summed E-state index contributed by atoms with van der Waals surface area (Å²) in [5.41, 5.74) is 3.91. The first kappa shape index (κ1) is 39.4. The Morgan fingerprint density at radius 1 is 0.564 bits per heavy atom. The Kier molecular flexibility index (Phi) is 14.6. The van der Waals surface area contributed by atoms with Crippen molar-refractivity contribution in [2.24, 2.45) is 0 Å². The van der Waals surface area contributed by atoms with Gasteiger partial charge in [0.15, 0.2) is 6.29 Å². The second-order valence-corrected chi connectivity index (χ2v) is 15.2. The molecule has 0 bridgehead atoms. The van der Waals surface area contributed by atoms with Gasteiger partial charge in [0, 0.05) is 11.3 Å². The summed E-state index contributed by atoms with van der Waals surface area (Å²) in [6, 6.07) is 50.2. The van der Waals surface area contributed by atoms with Crippen LogP contribution >= 0.6 is 11.8 Å². The molecule has 0 spiro atoms. The fourth-order valence-electron chi connectivity index (χ4n) is 6.95. The number of aliphatic hydroxyl groups is 1. The molecule has 2 saturated heterocycles. The van der Waals surface area contributed by atoms with Crippen molar-refractivity contribution < 1.29 is 38.3 Å². The summed E-state index contributed by atoms with van der Waals surface area (Å²) in [4.78, 5) is 1.12. The number of hydrogen-bond acceptors (Lipinski definition) is 9. The molecule has 0 amide bonds. The minimum absolute atomic E-state index is 0.160. The number of rotatable bonds is 17. The highest BCUT2D eigenvalue weighted by atomic mass is 32.2. The number of aliphatic hydroxyl groups excluding tert-OH is 1. The van der Waals surface area contributed by atoms with Gasteiger partial charge in [0.25, 0.3) is 0 Å². The van der Waals surface area contributed by atoms with E-state index in [1.165, 1.54) is 0 Å². The highest BCUT2D eigenvalue weighted by Gasteiger charge is 2.50. The van der Waals surface area contributed by atoms with E-state index in [4.69, 9.17) is 33.2 Å². The zero-order valence-electron chi connectivity index (χ0n) is 31.1. The maximum atomic E-state index is 12.2. The van der Waals surface area contributed by atoms with E-state index in [0.29, 0.717) is 26.2 Å². The normalized spacial score (nSPS) is 26.8. The smallest absolute Gasteiger partial charge is 0.187 e. The first-order valence-electron chi connectivity index (χ1n) is 19.0. The molecule has 0 aliphatic carbocycles. The average molecular weight is 763 g/mol. The van der Waals surface area contributed by atoms with Crippen LogP contribution in [-0.2, 0) is 59.6 Å². The summed E-state index contributed by atoms with van der Waals surface area (Å²) in [6.07, 6.45) is -5.12. The van der Waals surface area contributed by atoms with E-state index >= 15 is 0 Å². The first-order chi connectivity index (χ1) is 27.1.